The van der Waals surface area contributed by atoms with E-state index in [9.17, 15) is 0 Å². The maximum atomic E-state index is 5.08. The predicted molar refractivity (Wildman–Crippen MR) is 158 cm³/mol. The fourth-order valence-corrected chi connectivity index (χ4v) is 5.93. The number of nitrogens with zero attached hydrogens (tertiary/aromatic N) is 3. The molecule has 0 aliphatic rings. The highest BCUT2D eigenvalue weighted by Crippen LogP contribution is 2.39. The predicted octanol–water partition coefficient (Wildman–Crippen LogP) is 8.94. The normalized spacial score (nSPS) is 11.7. The Morgan fingerprint density at radius 1 is 0.526 bits per heavy atom. The number of rotatable bonds is 3. The zero-order valence-corrected chi connectivity index (χ0v) is 20.6. The van der Waals surface area contributed by atoms with Crippen LogP contribution in [0.2, 0.25) is 0 Å². The molecule has 0 fully saturated rings. The summed E-state index contributed by atoms with van der Waals surface area (Å²) in [5.41, 5.74) is 7.05. The summed E-state index contributed by atoms with van der Waals surface area (Å²) in [6.45, 7) is 0. The van der Waals surface area contributed by atoms with E-state index in [4.69, 9.17) is 4.98 Å². The van der Waals surface area contributed by atoms with E-state index in [2.05, 4.69) is 143 Å². The Hall–Kier alpha value is -5.15. The molecule has 0 aliphatic heterocycles. The van der Waals surface area contributed by atoms with E-state index in [0.29, 0.717) is 0 Å². The fourth-order valence-electron chi connectivity index (χ4n) is 5.93. The molecule has 8 aromatic rings. The van der Waals surface area contributed by atoms with Crippen LogP contribution in [0.15, 0.2) is 140 Å². The average molecular weight is 486 g/mol. The van der Waals surface area contributed by atoms with E-state index in [1.165, 1.54) is 43.7 Å². The van der Waals surface area contributed by atoms with Crippen molar-refractivity contribution in [3.63, 3.8) is 0 Å². The minimum atomic E-state index is 0.944. The minimum absolute atomic E-state index is 0.944. The Morgan fingerprint density at radius 3 is 2.03 bits per heavy atom. The zero-order chi connectivity index (χ0) is 25.1. The Morgan fingerprint density at radius 2 is 1.21 bits per heavy atom. The van der Waals surface area contributed by atoms with Crippen LogP contribution in [-0.4, -0.2) is 14.1 Å². The van der Waals surface area contributed by atoms with Crippen LogP contribution in [0.25, 0.3) is 66.1 Å². The van der Waals surface area contributed by atoms with E-state index in [1.54, 1.807) is 0 Å². The van der Waals surface area contributed by atoms with Gasteiger partial charge in [-0.25, -0.2) is 4.98 Å². The minimum Gasteiger partial charge on any atom is -0.309 e. The fraction of sp³-hybridized carbons (Fsp3) is 0. The molecule has 38 heavy (non-hydrogen) atoms. The Balaban J connectivity index is 1.48. The first kappa shape index (κ1) is 21.0. The third-order valence-electron chi connectivity index (χ3n) is 7.59. The van der Waals surface area contributed by atoms with Gasteiger partial charge in [-0.15, -0.1) is 0 Å². The highest BCUT2D eigenvalue weighted by atomic mass is 15.1. The maximum absolute atomic E-state index is 5.08. The summed E-state index contributed by atoms with van der Waals surface area (Å²) in [6, 6.07) is 45.1. The second-order valence-corrected chi connectivity index (χ2v) is 9.68. The molecule has 178 valence electrons. The highest BCUT2D eigenvalue weighted by molar-refractivity contribution is 6.21. The molecule has 3 heterocycles. The van der Waals surface area contributed by atoms with E-state index in [0.717, 1.165) is 22.5 Å². The van der Waals surface area contributed by atoms with Crippen LogP contribution < -0.4 is 0 Å². The highest BCUT2D eigenvalue weighted by Gasteiger charge is 2.19. The van der Waals surface area contributed by atoms with E-state index in [-0.39, 0.29) is 0 Å². The smallest absolute Gasteiger partial charge is 0.145 e. The molecular weight excluding hydrogens is 462 g/mol. The van der Waals surface area contributed by atoms with Gasteiger partial charge in [-0.1, -0.05) is 97.1 Å². The number of pyridine rings is 1. The van der Waals surface area contributed by atoms with Crippen LogP contribution in [0, 0.1) is 0 Å². The molecule has 0 saturated heterocycles. The number of hydrogen-bond donors (Lipinski definition) is 0. The van der Waals surface area contributed by atoms with Crippen molar-refractivity contribution in [2.45, 2.75) is 0 Å². The van der Waals surface area contributed by atoms with Crippen molar-refractivity contribution in [1.82, 2.24) is 14.1 Å². The summed E-state index contributed by atoms with van der Waals surface area (Å²) in [7, 11) is 0. The summed E-state index contributed by atoms with van der Waals surface area (Å²) >= 11 is 0. The van der Waals surface area contributed by atoms with Crippen molar-refractivity contribution in [2.75, 3.05) is 0 Å². The molecule has 0 N–H and O–H groups in total. The second kappa shape index (κ2) is 8.19. The van der Waals surface area contributed by atoms with E-state index < -0.39 is 0 Å². The van der Waals surface area contributed by atoms with Crippen LogP contribution in [0.5, 0.6) is 0 Å². The van der Waals surface area contributed by atoms with Gasteiger partial charge in [-0.3, -0.25) is 0 Å². The number of fused-ring (bicyclic) bond motifs is 6. The van der Waals surface area contributed by atoms with Crippen molar-refractivity contribution in [3.8, 4) is 22.6 Å². The summed E-state index contributed by atoms with van der Waals surface area (Å²) < 4.78 is 4.64. The first-order valence-corrected chi connectivity index (χ1v) is 12.9. The van der Waals surface area contributed by atoms with Crippen LogP contribution in [-0.2, 0) is 0 Å². The zero-order valence-electron chi connectivity index (χ0n) is 20.6. The lowest BCUT2D eigenvalue weighted by molar-refractivity contribution is 1.07. The first-order chi connectivity index (χ1) is 18.9. The van der Waals surface area contributed by atoms with Gasteiger partial charge in [0.2, 0.25) is 0 Å². The van der Waals surface area contributed by atoms with Crippen LogP contribution in [0.1, 0.15) is 0 Å². The molecule has 0 bridgehead atoms. The van der Waals surface area contributed by atoms with Crippen LogP contribution >= 0.6 is 0 Å². The van der Waals surface area contributed by atoms with Crippen molar-refractivity contribution in [2.24, 2.45) is 0 Å². The molecule has 0 aliphatic carbocycles. The molecule has 0 radical (unpaired) electrons. The largest absolute Gasteiger partial charge is 0.309 e. The lowest BCUT2D eigenvalue weighted by Gasteiger charge is -2.13. The van der Waals surface area contributed by atoms with Gasteiger partial charge in [0, 0.05) is 45.2 Å². The second-order valence-electron chi connectivity index (χ2n) is 9.68. The third kappa shape index (κ3) is 2.99. The number of para-hydroxylation sites is 2. The van der Waals surface area contributed by atoms with Gasteiger partial charge in [0.25, 0.3) is 0 Å². The molecule has 5 aromatic carbocycles. The summed E-state index contributed by atoms with van der Waals surface area (Å²) in [5.74, 6) is 0.944. The van der Waals surface area contributed by atoms with Crippen molar-refractivity contribution < 1.29 is 0 Å². The molecule has 0 spiro atoms. The topological polar surface area (TPSA) is 22.8 Å². The summed E-state index contributed by atoms with van der Waals surface area (Å²) in [6.07, 6.45) is 4.18. The molecule has 0 saturated carbocycles. The summed E-state index contributed by atoms with van der Waals surface area (Å²) in [4.78, 5) is 5.08. The van der Waals surface area contributed by atoms with Crippen molar-refractivity contribution >= 4 is 43.5 Å². The average Bonchev–Trinajstić information content (AvgIpc) is 3.56. The SMILES string of the molecule is c1ccc(-c2cnc(-n3ccc4ccc5c(c6ccccc6n5-c5ccccc5)c43)c3ccccc23)cc1. The van der Waals surface area contributed by atoms with Gasteiger partial charge in [-0.2, -0.15) is 0 Å². The van der Waals surface area contributed by atoms with E-state index in [1.807, 2.05) is 6.20 Å². The Bertz CT molecular complexity index is 2120. The first-order valence-electron chi connectivity index (χ1n) is 12.9. The molecule has 8 rings (SSSR count). The molecule has 0 unspecified atom stereocenters. The van der Waals surface area contributed by atoms with Gasteiger partial charge < -0.3 is 9.13 Å². The Kier molecular flexibility index (Phi) is 4.52. The number of hydrogen-bond acceptors (Lipinski definition) is 1. The lowest BCUT2D eigenvalue weighted by Crippen LogP contribution is -1.99. The van der Waals surface area contributed by atoms with Crippen LogP contribution in [0.4, 0.5) is 0 Å². The monoisotopic (exact) mass is 485 g/mol. The molecule has 3 heteroatoms. The number of benzene rings is 5. The van der Waals surface area contributed by atoms with Gasteiger partial charge >= 0.3 is 0 Å². The van der Waals surface area contributed by atoms with Gasteiger partial charge in [-0.05, 0) is 41.3 Å². The maximum Gasteiger partial charge on any atom is 0.145 e. The molecule has 0 amide bonds. The van der Waals surface area contributed by atoms with Gasteiger partial charge in [0.05, 0.1) is 16.6 Å². The lowest BCUT2D eigenvalue weighted by atomic mass is 10.0. The molecule has 3 nitrogen and oxygen atoms in total. The standard InChI is InChI=1S/C35H23N3/c1-3-11-24(12-4-1)30-23-36-35(28-16-8-7-15-27(28)30)37-22-21-25-19-20-32-33(34(25)37)29-17-9-10-18-31(29)38(32)26-13-5-2-6-14-26/h1-23H. The molecule has 0 atom stereocenters. The summed E-state index contributed by atoms with van der Waals surface area (Å²) in [5, 5.41) is 6.01. The Labute approximate surface area is 219 Å². The van der Waals surface area contributed by atoms with Gasteiger partial charge in [0.15, 0.2) is 0 Å². The van der Waals surface area contributed by atoms with Crippen molar-refractivity contribution in [3.05, 3.63) is 140 Å². The molecule has 3 aromatic heterocycles. The quantitative estimate of drug-likeness (QED) is 0.245. The van der Waals surface area contributed by atoms with Crippen molar-refractivity contribution in [1.29, 1.82) is 0 Å². The van der Waals surface area contributed by atoms with E-state index >= 15 is 0 Å². The van der Waals surface area contributed by atoms with Gasteiger partial charge in [0.1, 0.15) is 5.82 Å². The number of aromatic nitrogens is 3. The third-order valence-corrected chi connectivity index (χ3v) is 7.59. The molecular formula is C35H23N3. The van der Waals surface area contributed by atoms with Crippen LogP contribution in [0.3, 0.4) is 0 Å².